The lowest BCUT2D eigenvalue weighted by atomic mass is 9.93. The molecule has 4 aromatic carbocycles. The minimum Gasteiger partial charge on any atom is -0.492 e. The highest BCUT2D eigenvalue weighted by Gasteiger charge is 2.33. The van der Waals surface area contributed by atoms with Gasteiger partial charge in [-0.2, -0.15) is 0 Å². The zero-order valence-corrected chi connectivity index (χ0v) is 32.3. The van der Waals surface area contributed by atoms with Crippen molar-refractivity contribution in [1.29, 1.82) is 0 Å². The first-order valence-corrected chi connectivity index (χ1v) is 18.7. The molecule has 0 aromatic heterocycles. The average Bonchev–Trinajstić information content (AvgIpc) is 3.23. The van der Waals surface area contributed by atoms with Crippen molar-refractivity contribution in [2.24, 2.45) is 17.3 Å². The molecule has 5 rings (SSSR count). The molecule has 1 heterocycles. The third-order valence-electron chi connectivity index (χ3n) is 9.64. The smallest absolute Gasteiger partial charge is 0.256 e. The van der Waals surface area contributed by atoms with E-state index >= 15 is 0 Å². The van der Waals surface area contributed by atoms with Crippen molar-refractivity contribution in [1.82, 2.24) is 26.3 Å². The molecule has 0 fully saturated rings. The van der Waals surface area contributed by atoms with E-state index in [1.807, 2.05) is 24.3 Å². The first-order valence-electron chi connectivity index (χ1n) is 18.7. The maximum atomic E-state index is 14.2. The Morgan fingerprint density at radius 2 is 1.42 bits per heavy atom. The van der Waals surface area contributed by atoms with Gasteiger partial charge in [-0.15, -0.1) is 0 Å². The van der Waals surface area contributed by atoms with Gasteiger partial charge < -0.3 is 41.8 Å². The first-order chi connectivity index (χ1) is 27.5. The predicted octanol–water partition coefficient (Wildman–Crippen LogP) is 0.294. The number of rotatable bonds is 13. The number of fused-ring (bicyclic) bond motifs is 5. The van der Waals surface area contributed by atoms with Crippen LogP contribution in [0, 0.1) is 0 Å². The summed E-state index contributed by atoms with van der Waals surface area (Å²) in [5.74, 6) is 3.24. The monoisotopic (exact) mass is 776 g/mol. The summed E-state index contributed by atoms with van der Waals surface area (Å²) in [6.45, 7) is 1.82. The first kappa shape index (κ1) is 41.9. The van der Waals surface area contributed by atoms with Gasteiger partial charge in [-0.25, -0.2) is 5.84 Å². The van der Waals surface area contributed by atoms with Crippen LogP contribution in [0.4, 0.5) is 0 Å². The molecule has 3 atom stereocenters. The Hall–Kier alpha value is -6.23. The molecular formula is C41H49BN8O7. The van der Waals surface area contributed by atoms with Gasteiger partial charge in [-0.1, -0.05) is 60.4 Å². The molecule has 2 unspecified atom stereocenters. The topological polar surface area (TPSA) is 233 Å². The average molecular weight is 777 g/mol. The Morgan fingerprint density at radius 3 is 2.02 bits per heavy atom. The number of hydrazine groups is 1. The molecule has 298 valence electrons. The highest BCUT2D eigenvalue weighted by Crippen LogP contribution is 2.40. The Balaban J connectivity index is 1.49. The fraction of sp³-hybridized carbons (Fsp3) is 0.293. The van der Waals surface area contributed by atoms with Gasteiger partial charge in [0.1, 0.15) is 50.7 Å². The van der Waals surface area contributed by atoms with Crippen LogP contribution in [-0.4, -0.2) is 94.3 Å². The second-order valence-electron chi connectivity index (χ2n) is 13.6. The molecule has 0 saturated carbocycles. The zero-order chi connectivity index (χ0) is 41.1. The van der Waals surface area contributed by atoms with Crippen molar-refractivity contribution >= 4 is 37.4 Å². The number of carbonyl (C=O) groups is 5. The molecule has 0 saturated heterocycles. The minimum absolute atomic E-state index is 0.0425. The van der Waals surface area contributed by atoms with Gasteiger partial charge in [-0.05, 0) is 65.6 Å². The maximum Gasteiger partial charge on any atom is 0.256 e. The standard InChI is InChI=1S/C41H49BN8O7/c1-24-38(52)48-33(40(54)49-45)20-26-5-13-34(56-17-15-43)31(19-26)32-21-30(12-14-35(32)57-18-16-44)37(41(55)47-24)50(2)36(51)23-46-39(53)29-10-8-28(9-11-29)27-6-3-25(22-42)4-7-27/h3-14,19,21,24,33,37H,15-18,20,22-23,42-45H2,1-2H3,(H,46,53)(H,47,55)(H,48,52)(H,49,54)/t24-,33?,37?/m0/s1. The van der Waals surface area contributed by atoms with Crippen LogP contribution in [0.25, 0.3) is 22.3 Å². The van der Waals surface area contributed by atoms with Crippen molar-refractivity contribution in [3.63, 3.8) is 0 Å². The molecule has 0 spiro atoms. The van der Waals surface area contributed by atoms with Gasteiger partial charge in [0, 0.05) is 43.2 Å². The molecule has 57 heavy (non-hydrogen) atoms. The molecular weight excluding hydrogens is 727 g/mol. The van der Waals surface area contributed by atoms with Crippen molar-refractivity contribution in [3.05, 3.63) is 107 Å². The summed E-state index contributed by atoms with van der Waals surface area (Å²) in [7, 11) is 3.52. The van der Waals surface area contributed by atoms with E-state index in [4.69, 9.17) is 26.8 Å². The molecule has 10 N–H and O–H groups in total. The van der Waals surface area contributed by atoms with Crippen LogP contribution in [0.5, 0.6) is 11.5 Å². The number of likely N-dealkylation sites (N-methyl/N-ethyl adjacent to an activating group) is 1. The quantitative estimate of drug-likeness (QED) is 0.0425. The zero-order valence-electron chi connectivity index (χ0n) is 32.3. The Kier molecular flexibility index (Phi) is 14.4. The lowest BCUT2D eigenvalue weighted by molar-refractivity contribution is -0.139. The van der Waals surface area contributed by atoms with E-state index in [1.54, 1.807) is 48.5 Å². The summed E-state index contributed by atoms with van der Waals surface area (Å²) in [6.07, 6.45) is 0.977. The normalized spacial score (nSPS) is 16.6. The summed E-state index contributed by atoms with van der Waals surface area (Å²) < 4.78 is 12.1. The van der Waals surface area contributed by atoms with Crippen molar-refractivity contribution in [2.45, 2.75) is 37.8 Å². The van der Waals surface area contributed by atoms with Gasteiger partial charge in [0.05, 0.1) is 6.54 Å². The summed E-state index contributed by atoms with van der Waals surface area (Å²) in [4.78, 5) is 68.7. The second-order valence-corrected chi connectivity index (χ2v) is 13.6. The summed E-state index contributed by atoms with van der Waals surface area (Å²) in [5, 5.41) is 8.02. The number of nitrogens with two attached hydrogens (primary N) is 3. The third-order valence-corrected chi connectivity index (χ3v) is 9.64. The van der Waals surface area contributed by atoms with E-state index in [-0.39, 0.29) is 32.7 Å². The van der Waals surface area contributed by atoms with Crippen molar-refractivity contribution < 1.29 is 33.4 Å². The van der Waals surface area contributed by atoms with Crippen LogP contribution < -0.4 is 48.2 Å². The van der Waals surface area contributed by atoms with Crippen LogP contribution in [0.15, 0.2) is 84.9 Å². The van der Waals surface area contributed by atoms with E-state index in [2.05, 4.69) is 41.4 Å². The lowest BCUT2D eigenvalue weighted by Crippen LogP contribution is -2.55. The fourth-order valence-corrected chi connectivity index (χ4v) is 6.46. The van der Waals surface area contributed by atoms with E-state index in [0.717, 1.165) is 17.4 Å². The number of nitrogens with zero attached hydrogens (tertiary/aromatic N) is 1. The molecule has 5 amide bonds. The number of carbonyl (C=O) groups excluding carboxylic acids is 5. The van der Waals surface area contributed by atoms with Gasteiger partial charge in [-0.3, -0.25) is 29.4 Å². The van der Waals surface area contributed by atoms with Crippen LogP contribution in [-0.2, 0) is 31.9 Å². The predicted molar refractivity (Wildman–Crippen MR) is 219 cm³/mol. The van der Waals surface area contributed by atoms with Gasteiger partial charge in [0.25, 0.3) is 11.8 Å². The summed E-state index contributed by atoms with van der Waals surface area (Å²) in [5.41, 5.74) is 19.2. The minimum atomic E-state index is -1.30. The Bertz CT molecular complexity index is 2080. The molecule has 1 aliphatic heterocycles. The molecule has 15 nitrogen and oxygen atoms in total. The lowest BCUT2D eigenvalue weighted by Gasteiger charge is -2.30. The number of nitrogens with one attached hydrogen (secondary N) is 4. The molecule has 0 aliphatic carbocycles. The van der Waals surface area contributed by atoms with Crippen LogP contribution >= 0.6 is 0 Å². The summed E-state index contributed by atoms with van der Waals surface area (Å²) >= 11 is 0. The van der Waals surface area contributed by atoms with E-state index in [1.165, 1.54) is 24.4 Å². The van der Waals surface area contributed by atoms with E-state index in [9.17, 15) is 24.0 Å². The van der Waals surface area contributed by atoms with Crippen LogP contribution in [0.1, 0.15) is 40.0 Å². The Labute approximate surface area is 332 Å². The number of amides is 5. The molecule has 16 heteroatoms. The number of ether oxygens (including phenoxy) is 2. The van der Waals surface area contributed by atoms with E-state index < -0.39 is 54.2 Å². The molecule has 4 bridgehead atoms. The van der Waals surface area contributed by atoms with Gasteiger partial charge in [0.2, 0.25) is 17.7 Å². The maximum absolute atomic E-state index is 14.2. The van der Waals surface area contributed by atoms with Crippen LogP contribution in [0.2, 0.25) is 0 Å². The molecule has 1 aliphatic rings. The molecule has 0 radical (unpaired) electrons. The van der Waals surface area contributed by atoms with Crippen molar-refractivity contribution in [2.75, 3.05) is 39.9 Å². The number of benzene rings is 4. The summed E-state index contributed by atoms with van der Waals surface area (Å²) in [6, 6.07) is 21.9. The highest BCUT2D eigenvalue weighted by molar-refractivity contribution is 6.08. The van der Waals surface area contributed by atoms with Gasteiger partial charge >= 0.3 is 0 Å². The van der Waals surface area contributed by atoms with E-state index in [0.29, 0.717) is 39.3 Å². The fourth-order valence-electron chi connectivity index (χ4n) is 6.46. The third kappa shape index (κ3) is 10.3. The highest BCUT2D eigenvalue weighted by atomic mass is 16.5. The number of hydrogen-bond donors (Lipinski definition) is 7. The van der Waals surface area contributed by atoms with Gasteiger partial charge in [0.15, 0.2) is 0 Å². The Morgan fingerprint density at radius 1 is 0.825 bits per heavy atom. The van der Waals surface area contributed by atoms with Crippen molar-refractivity contribution in [3.8, 4) is 33.8 Å². The SMILES string of the molecule is BCc1ccc(-c2ccc(C(=O)NCC(=O)N(C)C3C(=O)N[C@@H](C)C(=O)NC(C(=O)NN)Cc4ccc(OCCN)c(c4)-c4cc3ccc4OCCN)cc2)cc1. The van der Waals surface area contributed by atoms with Crippen LogP contribution in [0.3, 0.4) is 0 Å². The number of hydrogen-bond acceptors (Lipinski definition) is 10. The second kappa shape index (κ2) is 19.6. The largest absolute Gasteiger partial charge is 0.492 e. The molecule has 4 aromatic rings.